The minimum Gasteiger partial charge on any atom is -0.442 e. The van der Waals surface area contributed by atoms with Gasteiger partial charge in [0.15, 0.2) is 0 Å². The summed E-state index contributed by atoms with van der Waals surface area (Å²) in [5, 5.41) is 2.62. The average molecular weight is 455 g/mol. The number of cyclic esters (lactones) is 1. The molecule has 2 aliphatic heterocycles. The van der Waals surface area contributed by atoms with E-state index in [1.807, 2.05) is 24.3 Å². The van der Waals surface area contributed by atoms with Crippen molar-refractivity contribution in [2.24, 2.45) is 0 Å². The number of carbonyl (C=O) groups excluding carboxylic acids is 3. The fourth-order valence-electron chi connectivity index (χ4n) is 4.08. The summed E-state index contributed by atoms with van der Waals surface area (Å²) < 4.78 is 20.2. The smallest absolute Gasteiger partial charge is 0.414 e. The average Bonchev–Trinajstić information content (AvgIpc) is 3.19. The number of carbonyl (C=O) groups is 3. The van der Waals surface area contributed by atoms with Crippen LogP contribution >= 0.6 is 0 Å². The minimum atomic E-state index is -0.559. The molecule has 0 bridgehead atoms. The van der Waals surface area contributed by atoms with Gasteiger partial charge in [-0.25, -0.2) is 9.18 Å². The molecular formula is C24H27FN4O4. The van der Waals surface area contributed by atoms with Gasteiger partial charge in [0.25, 0.3) is 0 Å². The Morgan fingerprint density at radius 2 is 1.88 bits per heavy atom. The van der Waals surface area contributed by atoms with E-state index in [-0.39, 0.29) is 19.0 Å². The topological polar surface area (TPSA) is 82.2 Å². The molecular weight excluding hydrogens is 427 g/mol. The van der Waals surface area contributed by atoms with E-state index in [1.165, 1.54) is 17.9 Å². The zero-order chi connectivity index (χ0) is 23.4. The number of nitrogens with one attached hydrogen (secondary N) is 1. The van der Waals surface area contributed by atoms with Crippen molar-refractivity contribution in [3.05, 3.63) is 53.8 Å². The van der Waals surface area contributed by atoms with Crippen molar-refractivity contribution in [1.82, 2.24) is 15.1 Å². The maximum atomic E-state index is 14.9. The molecule has 2 aliphatic rings. The predicted octanol–water partition coefficient (Wildman–Crippen LogP) is 2.23. The zero-order valence-electron chi connectivity index (χ0n) is 18.5. The molecule has 0 aliphatic carbocycles. The molecule has 2 heterocycles. The molecule has 9 heteroatoms. The summed E-state index contributed by atoms with van der Waals surface area (Å²) in [4.78, 5) is 39.5. The van der Waals surface area contributed by atoms with Crippen LogP contribution in [0.4, 0.5) is 14.9 Å². The Kier molecular flexibility index (Phi) is 6.88. The molecule has 1 atom stereocenters. The van der Waals surface area contributed by atoms with Crippen molar-refractivity contribution in [1.29, 1.82) is 0 Å². The summed E-state index contributed by atoms with van der Waals surface area (Å²) in [6.07, 6.45) is -0.142. The van der Waals surface area contributed by atoms with Gasteiger partial charge in [0.1, 0.15) is 11.9 Å². The van der Waals surface area contributed by atoms with Crippen LogP contribution in [0.25, 0.3) is 11.1 Å². The quantitative estimate of drug-likeness (QED) is 0.649. The normalized spacial score (nSPS) is 18.8. The lowest BCUT2D eigenvalue weighted by Gasteiger charge is -2.32. The lowest BCUT2D eigenvalue weighted by molar-refractivity contribution is -0.120. The van der Waals surface area contributed by atoms with E-state index >= 15 is 0 Å². The van der Waals surface area contributed by atoms with Crippen LogP contribution in [0.3, 0.4) is 0 Å². The van der Waals surface area contributed by atoms with Gasteiger partial charge < -0.3 is 15.0 Å². The first-order valence-electron chi connectivity index (χ1n) is 11.0. The first kappa shape index (κ1) is 22.7. The molecule has 2 saturated heterocycles. The van der Waals surface area contributed by atoms with Crippen LogP contribution in [0.15, 0.2) is 42.5 Å². The summed E-state index contributed by atoms with van der Waals surface area (Å²) in [5.74, 6) is -0.630. The third kappa shape index (κ3) is 5.48. The number of benzene rings is 2. The molecule has 0 saturated carbocycles. The molecule has 0 spiro atoms. The van der Waals surface area contributed by atoms with Crippen LogP contribution < -0.4 is 10.2 Å². The Bertz CT molecular complexity index is 1020. The predicted molar refractivity (Wildman–Crippen MR) is 121 cm³/mol. The Morgan fingerprint density at radius 1 is 1.15 bits per heavy atom. The van der Waals surface area contributed by atoms with Gasteiger partial charge >= 0.3 is 6.09 Å². The lowest BCUT2D eigenvalue weighted by atomic mass is 10.0. The Balaban J connectivity index is 1.39. The molecule has 2 fully saturated rings. The molecule has 4 rings (SSSR count). The highest BCUT2D eigenvalue weighted by Crippen LogP contribution is 2.29. The molecule has 33 heavy (non-hydrogen) atoms. The Labute approximate surface area is 191 Å². The zero-order valence-corrected chi connectivity index (χ0v) is 18.5. The summed E-state index contributed by atoms with van der Waals surface area (Å²) in [7, 11) is 0. The summed E-state index contributed by atoms with van der Waals surface area (Å²) in [6, 6.07) is 12.4. The molecule has 8 nitrogen and oxygen atoms in total. The van der Waals surface area contributed by atoms with Crippen LogP contribution in [-0.2, 0) is 20.9 Å². The van der Waals surface area contributed by atoms with Gasteiger partial charge in [-0.15, -0.1) is 0 Å². The number of amides is 3. The van der Waals surface area contributed by atoms with E-state index in [0.29, 0.717) is 11.3 Å². The molecule has 3 amide bonds. The van der Waals surface area contributed by atoms with Crippen molar-refractivity contribution < 1.29 is 23.5 Å². The van der Waals surface area contributed by atoms with Crippen LogP contribution in [0.1, 0.15) is 12.5 Å². The van der Waals surface area contributed by atoms with Gasteiger partial charge in [-0.2, -0.15) is 0 Å². The highest BCUT2D eigenvalue weighted by molar-refractivity contribution is 5.90. The second kappa shape index (κ2) is 9.99. The van der Waals surface area contributed by atoms with Gasteiger partial charge in [-0.3, -0.25) is 19.4 Å². The monoisotopic (exact) mass is 454 g/mol. The van der Waals surface area contributed by atoms with Gasteiger partial charge in [-0.05, 0) is 29.3 Å². The van der Waals surface area contributed by atoms with Crippen molar-refractivity contribution in [2.75, 3.05) is 44.2 Å². The molecule has 174 valence electrons. The van der Waals surface area contributed by atoms with E-state index < -0.39 is 18.0 Å². The summed E-state index contributed by atoms with van der Waals surface area (Å²) in [6.45, 7) is 5.78. The SMILES string of the molecule is CC(=O)NCC1CN(c2ccc(-c3ccc(CN4CCN(C=O)CC4)cc3)c(F)c2)C(=O)O1. The van der Waals surface area contributed by atoms with Crippen molar-refractivity contribution in [3.63, 3.8) is 0 Å². The number of hydrogen-bond acceptors (Lipinski definition) is 5. The molecule has 0 radical (unpaired) electrons. The molecule has 2 aromatic rings. The standard InChI is InChI=1S/C24H27FN4O4/c1-17(31)26-13-21-15-29(24(32)33-21)20-6-7-22(23(25)12-20)19-4-2-18(3-5-19)14-27-8-10-28(16-30)11-9-27/h2-7,12,16,21H,8-11,13-15H2,1H3,(H,26,31). The molecule has 0 aromatic heterocycles. The van der Waals surface area contributed by atoms with Crippen molar-refractivity contribution >= 4 is 24.1 Å². The van der Waals surface area contributed by atoms with Gasteiger partial charge in [0, 0.05) is 45.2 Å². The summed E-state index contributed by atoms with van der Waals surface area (Å²) >= 11 is 0. The minimum absolute atomic E-state index is 0.202. The Morgan fingerprint density at radius 3 is 2.52 bits per heavy atom. The van der Waals surface area contributed by atoms with Crippen LogP contribution in [0, 0.1) is 5.82 Å². The van der Waals surface area contributed by atoms with E-state index in [1.54, 1.807) is 17.0 Å². The van der Waals surface area contributed by atoms with E-state index in [9.17, 15) is 18.8 Å². The lowest BCUT2D eigenvalue weighted by Crippen LogP contribution is -2.45. The number of halogens is 1. The highest BCUT2D eigenvalue weighted by atomic mass is 19.1. The van der Waals surface area contributed by atoms with Crippen LogP contribution in [-0.4, -0.2) is 73.6 Å². The Hall–Kier alpha value is -3.46. The maximum Gasteiger partial charge on any atom is 0.414 e. The number of nitrogens with zero attached hydrogens (tertiary/aromatic N) is 3. The van der Waals surface area contributed by atoms with Gasteiger partial charge in [0.2, 0.25) is 12.3 Å². The van der Waals surface area contributed by atoms with E-state index in [0.717, 1.165) is 50.3 Å². The number of piperazine rings is 1. The van der Waals surface area contributed by atoms with E-state index in [4.69, 9.17) is 4.74 Å². The fourth-order valence-corrected chi connectivity index (χ4v) is 4.08. The maximum absolute atomic E-state index is 14.9. The first-order chi connectivity index (χ1) is 15.9. The second-order valence-electron chi connectivity index (χ2n) is 8.33. The van der Waals surface area contributed by atoms with Crippen LogP contribution in [0.5, 0.6) is 0 Å². The third-order valence-electron chi connectivity index (χ3n) is 5.94. The fraction of sp³-hybridized carbons (Fsp3) is 0.375. The van der Waals surface area contributed by atoms with Gasteiger partial charge in [0.05, 0.1) is 18.8 Å². The van der Waals surface area contributed by atoms with E-state index in [2.05, 4.69) is 10.2 Å². The van der Waals surface area contributed by atoms with Crippen LogP contribution in [0.2, 0.25) is 0 Å². The van der Waals surface area contributed by atoms with Gasteiger partial charge in [-0.1, -0.05) is 24.3 Å². The number of hydrogen-bond donors (Lipinski definition) is 1. The molecule has 1 N–H and O–H groups in total. The molecule has 2 aromatic carbocycles. The highest BCUT2D eigenvalue weighted by Gasteiger charge is 2.32. The van der Waals surface area contributed by atoms with Crippen molar-refractivity contribution in [3.8, 4) is 11.1 Å². The van der Waals surface area contributed by atoms with Crippen molar-refractivity contribution in [2.45, 2.75) is 19.6 Å². The largest absolute Gasteiger partial charge is 0.442 e. The number of anilines is 1. The summed E-state index contributed by atoms with van der Waals surface area (Å²) in [5.41, 5.74) is 2.74. The second-order valence-corrected chi connectivity index (χ2v) is 8.33. The number of rotatable bonds is 7. The third-order valence-corrected chi connectivity index (χ3v) is 5.94. The molecule has 1 unspecified atom stereocenters. The number of ether oxygens (including phenoxy) is 1. The first-order valence-corrected chi connectivity index (χ1v) is 11.0.